The van der Waals surface area contributed by atoms with Crippen molar-refractivity contribution >= 4 is 22.6 Å². The van der Waals surface area contributed by atoms with E-state index in [1.54, 1.807) is 0 Å². The summed E-state index contributed by atoms with van der Waals surface area (Å²) in [4.78, 5) is 24.1. The normalized spacial score (nSPS) is 20.4. The number of nitriles is 1. The lowest BCUT2D eigenvalue weighted by Gasteiger charge is -2.29. The van der Waals surface area contributed by atoms with E-state index in [9.17, 15) is 10.1 Å². The van der Waals surface area contributed by atoms with Crippen LogP contribution in [0, 0.1) is 11.3 Å². The van der Waals surface area contributed by atoms with Gasteiger partial charge in [-0.2, -0.15) is 5.26 Å². The van der Waals surface area contributed by atoms with Gasteiger partial charge in [-0.25, -0.2) is 4.98 Å². The molecule has 0 spiro atoms. The molecule has 0 saturated carbocycles. The topological polar surface area (TPSA) is 72.3 Å². The van der Waals surface area contributed by atoms with E-state index in [-0.39, 0.29) is 18.0 Å². The Morgan fingerprint density at radius 2 is 1.71 bits per heavy atom. The van der Waals surface area contributed by atoms with Crippen molar-refractivity contribution in [1.29, 1.82) is 5.26 Å². The van der Waals surface area contributed by atoms with Gasteiger partial charge in [0.2, 0.25) is 0 Å². The Hall–Kier alpha value is -4.21. The second-order valence-corrected chi connectivity index (χ2v) is 12.1. The summed E-state index contributed by atoms with van der Waals surface area (Å²) in [5, 5.41) is 13.8. The van der Waals surface area contributed by atoms with Gasteiger partial charge >= 0.3 is 0 Å². The maximum atomic E-state index is 14.4. The van der Waals surface area contributed by atoms with E-state index >= 15 is 0 Å². The number of carbonyl (C=O) groups is 1. The third-order valence-corrected chi connectivity index (χ3v) is 9.38. The Balaban J connectivity index is 1.27. The number of rotatable bonds is 6. The van der Waals surface area contributed by atoms with Crippen LogP contribution in [0.2, 0.25) is 0 Å². The van der Waals surface area contributed by atoms with Crippen molar-refractivity contribution in [3.05, 3.63) is 95.1 Å². The van der Waals surface area contributed by atoms with Gasteiger partial charge in [-0.15, -0.1) is 0 Å². The minimum absolute atomic E-state index is 0.105. The van der Waals surface area contributed by atoms with Gasteiger partial charge in [0.05, 0.1) is 28.8 Å². The van der Waals surface area contributed by atoms with Crippen LogP contribution in [0.15, 0.2) is 72.8 Å². The van der Waals surface area contributed by atoms with Gasteiger partial charge in [0.1, 0.15) is 5.82 Å². The molecule has 6 heteroatoms. The molecule has 7 rings (SSSR count). The van der Waals surface area contributed by atoms with Gasteiger partial charge in [-0.1, -0.05) is 42.5 Å². The molecule has 6 nitrogen and oxygen atoms in total. The summed E-state index contributed by atoms with van der Waals surface area (Å²) >= 11 is 0. The van der Waals surface area contributed by atoms with Crippen molar-refractivity contribution in [2.24, 2.45) is 0 Å². The van der Waals surface area contributed by atoms with Crippen LogP contribution in [0.3, 0.4) is 0 Å². The molecule has 212 valence electrons. The van der Waals surface area contributed by atoms with Crippen LogP contribution in [-0.4, -0.2) is 52.9 Å². The number of amides is 1. The summed E-state index contributed by atoms with van der Waals surface area (Å²) in [7, 11) is 0. The molecule has 2 saturated heterocycles. The van der Waals surface area contributed by atoms with E-state index in [0.717, 1.165) is 91.7 Å². The van der Waals surface area contributed by atoms with Gasteiger partial charge < -0.3 is 15.1 Å². The van der Waals surface area contributed by atoms with Crippen LogP contribution in [0.4, 0.5) is 5.82 Å². The Morgan fingerprint density at radius 3 is 2.55 bits per heavy atom. The standard InChI is InChI=1S/C36H37N5O/c37-23-25-12-14-26(15-13-25)28-16-17-34-31(21-28)32(36(42)41-20-6-9-29(41)24-40-18-3-4-19-40)22-35(39-34)38-33-11-5-8-27-7-1-2-10-30(27)33/h1-2,7,10,12-17,21-22,29,33H,3-6,8-9,11,18-20,24H2,(H,38,39)/t29-,33-/m0/s1. The van der Waals surface area contributed by atoms with Crippen molar-refractivity contribution in [2.45, 2.75) is 57.0 Å². The summed E-state index contributed by atoms with van der Waals surface area (Å²) in [5.41, 5.74) is 6.93. The first-order valence-electron chi connectivity index (χ1n) is 15.5. The molecule has 3 aliphatic rings. The highest BCUT2D eigenvalue weighted by Gasteiger charge is 2.33. The third-order valence-electron chi connectivity index (χ3n) is 9.38. The lowest BCUT2D eigenvalue weighted by Crippen LogP contribution is -2.42. The highest BCUT2D eigenvalue weighted by molar-refractivity contribution is 6.08. The van der Waals surface area contributed by atoms with E-state index < -0.39 is 0 Å². The largest absolute Gasteiger partial charge is 0.363 e. The fraction of sp³-hybridized carbons (Fsp3) is 0.361. The monoisotopic (exact) mass is 555 g/mol. The minimum atomic E-state index is 0.105. The second kappa shape index (κ2) is 11.6. The number of hydrogen-bond donors (Lipinski definition) is 1. The first-order valence-corrected chi connectivity index (χ1v) is 15.5. The summed E-state index contributed by atoms with van der Waals surface area (Å²) < 4.78 is 0. The van der Waals surface area contributed by atoms with Crippen molar-refractivity contribution in [3.63, 3.8) is 0 Å². The number of nitrogens with one attached hydrogen (secondary N) is 1. The zero-order valence-electron chi connectivity index (χ0n) is 24.1. The Bertz CT molecular complexity index is 1650. The molecular weight excluding hydrogens is 518 g/mol. The van der Waals surface area contributed by atoms with Crippen molar-refractivity contribution in [1.82, 2.24) is 14.8 Å². The molecule has 0 radical (unpaired) electrons. The number of aryl methyl sites for hydroxylation is 1. The summed E-state index contributed by atoms with van der Waals surface area (Å²) in [6.45, 7) is 4.05. The molecule has 2 aliphatic heterocycles. The van der Waals surface area contributed by atoms with E-state index in [2.05, 4.69) is 57.6 Å². The van der Waals surface area contributed by atoms with E-state index in [1.165, 1.54) is 24.0 Å². The molecule has 1 aliphatic carbocycles. The van der Waals surface area contributed by atoms with Crippen LogP contribution in [0.5, 0.6) is 0 Å². The third kappa shape index (κ3) is 5.26. The van der Waals surface area contributed by atoms with Gasteiger partial charge in [0.15, 0.2) is 0 Å². The molecule has 2 atom stereocenters. The number of pyridine rings is 1. The smallest absolute Gasteiger partial charge is 0.254 e. The van der Waals surface area contributed by atoms with E-state index in [4.69, 9.17) is 4.98 Å². The van der Waals surface area contributed by atoms with Crippen LogP contribution < -0.4 is 5.32 Å². The zero-order valence-corrected chi connectivity index (χ0v) is 24.1. The molecular formula is C36H37N5O. The van der Waals surface area contributed by atoms with Crippen LogP contribution >= 0.6 is 0 Å². The number of anilines is 1. The molecule has 3 aromatic carbocycles. The van der Waals surface area contributed by atoms with Crippen molar-refractivity contribution in [3.8, 4) is 17.2 Å². The maximum absolute atomic E-state index is 14.4. The second-order valence-electron chi connectivity index (χ2n) is 12.1. The van der Waals surface area contributed by atoms with Crippen molar-refractivity contribution < 1.29 is 4.79 Å². The molecule has 1 amide bonds. The highest BCUT2D eigenvalue weighted by atomic mass is 16.2. The molecule has 1 N–H and O–H groups in total. The zero-order chi connectivity index (χ0) is 28.5. The minimum Gasteiger partial charge on any atom is -0.363 e. The predicted molar refractivity (Wildman–Crippen MR) is 167 cm³/mol. The Labute approximate surface area is 248 Å². The summed E-state index contributed by atoms with van der Waals surface area (Å²) in [6, 6.07) is 27.1. The molecule has 3 heterocycles. The highest BCUT2D eigenvalue weighted by Crippen LogP contribution is 2.35. The number of benzene rings is 3. The number of likely N-dealkylation sites (tertiary alicyclic amines) is 2. The number of hydrogen-bond acceptors (Lipinski definition) is 5. The number of fused-ring (bicyclic) bond motifs is 2. The Morgan fingerprint density at radius 1 is 0.905 bits per heavy atom. The van der Waals surface area contributed by atoms with Gasteiger partial charge in [0.25, 0.3) is 5.91 Å². The summed E-state index contributed by atoms with van der Waals surface area (Å²) in [5.74, 6) is 0.863. The number of nitrogens with zero attached hydrogens (tertiary/aromatic N) is 4. The van der Waals surface area contributed by atoms with Crippen LogP contribution in [0.25, 0.3) is 22.0 Å². The van der Waals surface area contributed by atoms with Crippen LogP contribution in [0.1, 0.15) is 71.6 Å². The molecule has 0 bridgehead atoms. The molecule has 42 heavy (non-hydrogen) atoms. The lowest BCUT2D eigenvalue weighted by molar-refractivity contribution is 0.0710. The van der Waals surface area contributed by atoms with Gasteiger partial charge in [-0.3, -0.25) is 4.79 Å². The van der Waals surface area contributed by atoms with E-state index in [1.807, 2.05) is 36.4 Å². The lowest BCUT2D eigenvalue weighted by atomic mass is 9.88. The van der Waals surface area contributed by atoms with Crippen molar-refractivity contribution in [2.75, 3.05) is 31.5 Å². The van der Waals surface area contributed by atoms with Gasteiger partial charge in [-0.05, 0) is 111 Å². The maximum Gasteiger partial charge on any atom is 0.254 e. The molecule has 1 aromatic heterocycles. The van der Waals surface area contributed by atoms with Crippen LogP contribution in [-0.2, 0) is 6.42 Å². The fourth-order valence-corrected chi connectivity index (χ4v) is 7.19. The number of carbonyl (C=O) groups excluding carboxylic acids is 1. The number of aromatic nitrogens is 1. The molecule has 2 fully saturated rings. The SMILES string of the molecule is N#Cc1ccc(-c2ccc3nc(N[C@H]4CCCc5ccccc54)cc(C(=O)N4CCC[C@H]4CN4CCCC4)c3c2)cc1. The average Bonchev–Trinajstić information content (AvgIpc) is 3.73. The quantitative estimate of drug-likeness (QED) is 0.278. The Kier molecular flexibility index (Phi) is 7.36. The molecule has 4 aromatic rings. The first-order chi connectivity index (χ1) is 20.7. The fourth-order valence-electron chi connectivity index (χ4n) is 7.19. The van der Waals surface area contributed by atoms with Gasteiger partial charge in [0, 0.05) is 24.5 Å². The average molecular weight is 556 g/mol. The molecule has 0 unspecified atom stereocenters. The summed E-state index contributed by atoms with van der Waals surface area (Å²) in [6.07, 6.45) is 7.91. The van der Waals surface area contributed by atoms with E-state index in [0.29, 0.717) is 5.56 Å². The predicted octanol–water partition coefficient (Wildman–Crippen LogP) is 6.96. The first kappa shape index (κ1) is 26.7.